The third-order valence-electron chi connectivity index (χ3n) is 11.2. The van der Waals surface area contributed by atoms with Crippen molar-refractivity contribution in [1.82, 2.24) is 9.13 Å². The lowest BCUT2D eigenvalue weighted by Gasteiger charge is -2.27. The minimum absolute atomic E-state index is 0.0156. The Bertz CT molecular complexity index is 2910. The largest absolute Gasteiger partial charge is 0.310 e. The number of para-hydroxylation sites is 2. The van der Waals surface area contributed by atoms with Crippen LogP contribution in [0.2, 0.25) is 0 Å². The summed E-state index contributed by atoms with van der Waals surface area (Å²) in [4.78, 5) is 5.90. The molecule has 0 aliphatic heterocycles. The van der Waals surface area contributed by atoms with E-state index >= 15 is 0 Å². The average molecular weight is 738 g/mol. The van der Waals surface area contributed by atoms with Crippen molar-refractivity contribution in [1.29, 1.82) is 5.26 Å². The van der Waals surface area contributed by atoms with Crippen LogP contribution in [-0.2, 0) is 10.8 Å². The van der Waals surface area contributed by atoms with Crippen molar-refractivity contribution in [3.05, 3.63) is 180 Å². The molecular weight excluding hydrogens is 695 g/mol. The fraction of sp³-hybridized carbons (Fsp3) is 0.154. The second kappa shape index (κ2) is 13.3. The third kappa shape index (κ3) is 6.10. The lowest BCUT2D eigenvalue weighted by atomic mass is 9.85. The minimum atomic E-state index is -0.0156. The van der Waals surface area contributed by atoms with Gasteiger partial charge in [0.05, 0.1) is 57.3 Å². The van der Waals surface area contributed by atoms with Gasteiger partial charge in [0.2, 0.25) is 0 Å². The van der Waals surface area contributed by atoms with Crippen LogP contribution in [0.3, 0.4) is 0 Å². The number of nitrogens with zero attached hydrogens (tertiary/aromatic N) is 5. The minimum Gasteiger partial charge on any atom is -0.310 e. The highest BCUT2D eigenvalue weighted by atomic mass is 15.1. The van der Waals surface area contributed by atoms with Crippen LogP contribution in [0.5, 0.6) is 0 Å². The van der Waals surface area contributed by atoms with Crippen LogP contribution in [0.1, 0.15) is 58.2 Å². The Morgan fingerprint density at radius 3 is 1.37 bits per heavy atom. The lowest BCUT2D eigenvalue weighted by Crippen LogP contribution is -2.12. The summed E-state index contributed by atoms with van der Waals surface area (Å²) < 4.78 is 4.80. The molecule has 0 saturated heterocycles. The van der Waals surface area contributed by atoms with Crippen LogP contribution in [0.25, 0.3) is 59.8 Å². The van der Waals surface area contributed by atoms with Gasteiger partial charge in [-0.25, -0.2) is 4.85 Å². The molecule has 9 rings (SSSR count). The van der Waals surface area contributed by atoms with Gasteiger partial charge in [0.25, 0.3) is 0 Å². The highest BCUT2D eigenvalue weighted by Crippen LogP contribution is 2.43. The molecule has 0 saturated carbocycles. The Morgan fingerprint density at radius 1 is 0.491 bits per heavy atom. The number of hydrogen-bond donors (Lipinski definition) is 0. The van der Waals surface area contributed by atoms with Crippen molar-refractivity contribution < 1.29 is 0 Å². The summed E-state index contributed by atoms with van der Waals surface area (Å²) in [6.07, 6.45) is 0. The molecule has 5 heteroatoms. The predicted molar refractivity (Wildman–Crippen MR) is 238 cm³/mol. The second-order valence-corrected chi connectivity index (χ2v) is 17.0. The summed E-state index contributed by atoms with van der Waals surface area (Å²) in [7, 11) is 0. The molecule has 5 nitrogen and oxygen atoms in total. The highest BCUT2D eigenvalue weighted by molar-refractivity contribution is 6.11. The number of anilines is 3. The number of benzene rings is 7. The third-order valence-corrected chi connectivity index (χ3v) is 11.2. The molecule has 0 amide bonds. The molecular formula is C52H43N5. The zero-order valence-electron chi connectivity index (χ0n) is 33.2. The van der Waals surface area contributed by atoms with Crippen LogP contribution in [-0.4, -0.2) is 9.13 Å². The van der Waals surface area contributed by atoms with E-state index in [1.54, 1.807) is 0 Å². The number of hydrogen-bond acceptors (Lipinski definition) is 2. The average Bonchev–Trinajstić information content (AvgIpc) is 3.73. The standard InChI is InChI=1S/C52H43N5/c1-51(2,3)35-18-26-49-45(28-35)46-29-36(52(4,5)6)19-27-50(46)57(49)42-31-40(55(38-22-16-34(33-53)17-23-38)39-24-20-37(54-7)21-25-39)30-41(32-42)56-47-14-10-8-12-43(47)44-13-9-11-15-48(44)56/h8-32H,1-6H3. The van der Waals surface area contributed by atoms with E-state index < -0.39 is 0 Å². The Balaban J connectivity index is 1.41. The maximum atomic E-state index is 9.71. The molecule has 0 atom stereocenters. The summed E-state index contributed by atoms with van der Waals surface area (Å²) in [6, 6.07) is 55.7. The fourth-order valence-corrected chi connectivity index (χ4v) is 8.21. The first-order valence-electron chi connectivity index (χ1n) is 19.4. The number of rotatable bonds is 5. The van der Waals surface area contributed by atoms with E-state index in [1.165, 1.54) is 32.7 Å². The van der Waals surface area contributed by atoms with Gasteiger partial charge in [0, 0.05) is 32.9 Å². The van der Waals surface area contributed by atoms with Gasteiger partial charge in [-0.05, 0) is 113 Å². The van der Waals surface area contributed by atoms with Crippen LogP contribution in [0, 0.1) is 17.9 Å². The van der Waals surface area contributed by atoms with Crippen molar-refractivity contribution in [2.45, 2.75) is 52.4 Å². The number of nitriles is 1. The molecule has 0 fully saturated rings. The quantitative estimate of drug-likeness (QED) is 0.165. The molecule has 0 bridgehead atoms. The molecule has 0 unspecified atom stereocenters. The number of aromatic nitrogens is 2. The van der Waals surface area contributed by atoms with Crippen LogP contribution < -0.4 is 4.90 Å². The SMILES string of the molecule is [C-]#[N+]c1ccc(N(c2ccc(C#N)cc2)c2cc(-n3c4ccccc4c4ccccc43)cc(-n3c4ccc(C(C)(C)C)cc4c4cc(C(C)(C)C)ccc43)c2)cc1. The van der Waals surface area contributed by atoms with E-state index in [2.05, 4.69) is 170 Å². The monoisotopic (exact) mass is 737 g/mol. The van der Waals surface area contributed by atoms with Gasteiger partial charge in [-0.2, -0.15) is 5.26 Å². The van der Waals surface area contributed by atoms with E-state index in [0.717, 1.165) is 50.5 Å². The molecule has 2 aromatic heterocycles. The molecule has 276 valence electrons. The van der Waals surface area contributed by atoms with E-state index in [9.17, 15) is 5.26 Å². The Labute approximate surface area is 334 Å². The second-order valence-electron chi connectivity index (χ2n) is 17.0. The zero-order valence-corrected chi connectivity index (χ0v) is 33.2. The van der Waals surface area contributed by atoms with Gasteiger partial charge in [-0.3, -0.25) is 0 Å². The molecule has 0 N–H and O–H groups in total. The van der Waals surface area contributed by atoms with E-state index in [0.29, 0.717) is 11.3 Å². The van der Waals surface area contributed by atoms with E-state index in [1.807, 2.05) is 48.5 Å². The summed E-state index contributed by atoms with van der Waals surface area (Å²) in [6.45, 7) is 21.3. The summed E-state index contributed by atoms with van der Waals surface area (Å²) >= 11 is 0. The zero-order chi connectivity index (χ0) is 39.6. The van der Waals surface area contributed by atoms with E-state index in [-0.39, 0.29) is 10.8 Å². The molecule has 2 heterocycles. The first-order chi connectivity index (χ1) is 27.4. The first kappa shape index (κ1) is 35.6. The van der Waals surface area contributed by atoms with Crippen molar-refractivity contribution >= 4 is 66.4 Å². The maximum absolute atomic E-state index is 9.71. The van der Waals surface area contributed by atoms with Gasteiger partial charge in [0.15, 0.2) is 5.69 Å². The lowest BCUT2D eigenvalue weighted by molar-refractivity contribution is 0.590. The van der Waals surface area contributed by atoms with Crippen molar-refractivity contribution in [2.24, 2.45) is 0 Å². The van der Waals surface area contributed by atoms with Gasteiger partial charge in [0.1, 0.15) is 0 Å². The smallest absolute Gasteiger partial charge is 0.187 e. The molecule has 9 aromatic rings. The van der Waals surface area contributed by atoms with Crippen LogP contribution >= 0.6 is 0 Å². The molecule has 57 heavy (non-hydrogen) atoms. The van der Waals surface area contributed by atoms with Gasteiger partial charge in [-0.1, -0.05) is 102 Å². The fourth-order valence-electron chi connectivity index (χ4n) is 8.21. The first-order valence-corrected chi connectivity index (χ1v) is 19.4. The van der Waals surface area contributed by atoms with Crippen molar-refractivity contribution in [3.8, 4) is 17.4 Å². The molecule has 7 aromatic carbocycles. The molecule has 0 spiro atoms. The normalized spacial score (nSPS) is 12.0. The highest BCUT2D eigenvalue weighted by Gasteiger charge is 2.23. The van der Waals surface area contributed by atoms with Gasteiger partial charge >= 0.3 is 0 Å². The maximum Gasteiger partial charge on any atom is 0.187 e. The van der Waals surface area contributed by atoms with E-state index in [4.69, 9.17) is 6.57 Å². The van der Waals surface area contributed by atoms with Gasteiger partial charge < -0.3 is 14.0 Å². The predicted octanol–water partition coefficient (Wildman–Crippen LogP) is 14.4. The molecule has 0 aliphatic carbocycles. The van der Waals surface area contributed by atoms with Gasteiger partial charge in [-0.15, -0.1) is 0 Å². The van der Waals surface area contributed by atoms with Crippen LogP contribution in [0.15, 0.2) is 152 Å². The van der Waals surface area contributed by atoms with Crippen LogP contribution in [0.4, 0.5) is 22.7 Å². The Hall–Kier alpha value is -7.08. The summed E-state index contributed by atoms with van der Waals surface area (Å²) in [5.74, 6) is 0. The Kier molecular flexibility index (Phi) is 8.31. The number of fused-ring (bicyclic) bond motifs is 6. The van der Waals surface area contributed by atoms with Crippen molar-refractivity contribution in [3.63, 3.8) is 0 Å². The van der Waals surface area contributed by atoms with Crippen molar-refractivity contribution in [2.75, 3.05) is 4.90 Å². The summed E-state index contributed by atoms with van der Waals surface area (Å²) in [5.41, 5.74) is 13.1. The summed E-state index contributed by atoms with van der Waals surface area (Å²) in [5, 5.41) is 14.6. The topological polar surface area (TPSA) is 41.2 Å². The molecule has 0 aliphatic rings. The Morgan fingerprint density at radius 2 is 0.930 bits per heavy atom. The molecule has 0 radical (unpaired) electrons.